The van der Waals surface area contributed by atoms with Crippen molar-refractivity contribution in [3.05, 3.63) is 29.8 Å². The highest BCUT2D eigenvalue weighted by Crippen LogP contribution is 2.30. The summed E-state index contributed by atoms with van der Waals surface area (Å²) in [4.78, 5) is -0.418. The van der Waals surface area contributed by atoms with Gasteiger partial charge in [-0.2, -0.15) is 13.2 Å². The molecule has 9 heteroatoms. The van der Waals surface area contributed by atoms with Crippen LogP contribution in [0, 0.1) is 0 Å². The molecule has 1 aliphatic heterocycles. The molecule has 0 saturated carbocycles. The van der Waals surface area contributed by atoms with Gasteiger partial charge in [0.25, 0.3) is 0 Å². The topological polar surface area (TPSA) is 67.4 Å². The lowest BCUT2D eigenvalue weighted by atomic mass is 10.2. The van der Waals surface area contributed by atoms with Crippen molar-refractivity contribution < 1.29 is 26.3 Å². The number of rotatable bonds is 4. The van der Waals surface area contributed by atoms with Crippen LogP contribution < -0.4 is 10.0 Å². The number of nitrogens with one attached hydrogen (secondary N) is 2. The van der Waals surface area contributed by atoms with Crippen molar-refractivity contribution in [2.45, 2.75) is 23.2 Å². The number of hydrogen-bond donors (Lipinski definition) is 2. The van der Waals surface area contributed by atoms with Gasteiger partial charge in [0, 0.05) is 20.2 Å². The first-order valence-corrected chi connectivity index (χ1v) is 7.65. The molecule has 1 aromatic rings. The second-order valence-corrected chi connectivity index (χ2v) is 6.40. The van der Waals surface area contributed by atoms with E-state index in [4.69, 9.17) is 4.74 Å². The zero-order valence-corrected chi connectivity index (χ0v) is 12.0. The molecule has 0 amide bonds. The summed E-state index contributed by atoms with van der Waals surface area (Å²) in [5.41, 5.74) is -1.00. The van der Waals surface area contributed by atoms with Gasteiger partial charge in [0.15, 0.2) is 0 Å². The van der Waals surface area contributed by atoms with Gasteiger partial charge in [-0.3, -0.25) is 0 Å². The van der Waals surface area contributed by atoms with E-state index in [-0.39, 0.29) is 6.10 Å². The number of alkyl halides is 3. The SMILES string of the molecule is CO[C@H]1CNCC1NS(=O)(=O)c1cccc(C(F)(F)F)c1. The first kappa shape index (κ1) is 16.2. The van der Waals surface area contributed by atoms with E-state index < -0.39 is 32.7 Å². The number of ether oxygens (including phenoxy) is 1. The fraction of sp³-hybridized carbons (Fsp3) is 0.500. The van der Waals surface area contributed by atoms with Crippen molar-refractivity contribution >= 4 is 10.0 Å². The van der Waals surface area contributed by atoms with Crippen LogP contribution in [0.1, 0.15) is 5.56 Å². The number of halogens is 3. The molecule has 1 heterocycles. The van der Waals surface area contributed by atoms with Crippen LogP contribution in [0.5, 0.6) is 0 Å². The van der Waals surface area contributed by atoms with Crippen LogP contribution in [0.25, 0.3) is 0 Å². The molecular weight excluding hydrogens is 309 g/mol. The van der Waals surface area contributed by atoms with Gasteiger partial charge in [-0.15, -0.1) is 0 Å². The normalized spacial score (nSPS) is 23.4. The predicted molar refractivity (Wildman–Crippen MR) is 69.2 cm³/mol. The Balaban J connectivity index is 2.24. The Kier molecular flexibility index (Phi) is 4.57. The third kappa shape index (κ3) is 3.73. The van der Waals surface area contributed by atoms with E-state index >= 15 is 0 Å². The van der Waals surface area contributed by atoms with Crippen LogP contribution in [0.2, 0.25) is 0 Å². The van der Waals surface area contributed by atoms with Crippen LogP contribution in [-0.4, -0.2) is 40.8 Å². The Morgan fingerprint density at radius 3 is 2.67 bits per heavy atom. The van der Waals surface area contributed by atoms with Gasteiger partial charge < -0.3 is 10.1 Å². The van der Waals surface area contributed by atoms with E-state index in [1.807, 2.05) is 0 Å². The van der Waals surface area contributed by atoms with Gasteiger partial charge in [-0.1, -0.05) is 6.07 Å². The smallest absolute Gasteiger partial charge is 0.378 e. The summed E-state index contributed by atoms with van der Waals surface area (Å²) in [6.45, 7) is 0.836. The van der Waals surface area contributed by atoms with Crippen LogP contribution in [-0.2, 0) is 20.9 Å². The molecule has 0 aromatic heterocycles. The van der Waals surface area contributed by atoms with Crippen molar-refractivity contribution in [1.82, 2.24) is 10.0 Å². The molecule has 0 radical (unpaired) electrons. The standard InChI is InChI=1S/C12H15F3N2O3S/c1-20-11-7-16-6-10(11)17-21(18,19)9-4-2-3-8(5-9)12(13,14)15/h2-5,10-11,16-17H,6-7H2,1H3/t10?,11-/m0/s1. The van der Waals surface area contributed by atoms with Gasteiger partial charge in [0.2, 0.25) is 10.0 Å². The second kappa shape index (κ2) is 5.91. The monoisotopic (exact) mass is 324 g/mol. The quantitative estimate of drug-likeness (QED) is 0.866. The van der Waals surface area contributed by atoms with E-state index in [0.29, 0.717) is 19.2 Å². The summed E-state index contributed by atoms with van der Waals surface area (Å²) in [7, 11) is -2.59. The molecule has 21 heavy (non-hydrogen) atoms. The van der Waals surface area contributed by atoms with Crippen molar-refractivity contribution in [3.63, 3.8) is 0 Å². The van der Waals surface area contributed by atoms with Gasteiger partial charge in [0.1, 0.15) is 0 Å². The molecule has 0 bridgehead atoms. The summed E-state index contributed by atoms with van der Waals surface area (Å²) in [6, 6.07) is 3.12. The van der Waals surface area contributed by atoms with E-state index in [0.717, 1.165) is 18.2 Å². The first-order valence-electron chi connectivity index (χ1n) is 6.17. The highest BCUT2D eigenvalue weighted by atomic mass is 32.2. The van der Waals surface area contributed by atoms with Gasteiger partial charge in [-0.25, -0.2) is 13.1 Å². The number of benzene rings is 1. The molecule has 0 aliphatic carbocycles. The van der Waals surface area contributed by atoms with Gasteiger partial charge >= 0.3 is 6.18 Å². The second-order valence-electron chi connectivity index (χ2n) is 4.69. The first-order chi connectivity index (χ1) is 9.74. The number of sulfonamides is 1. The van der Waals surface area contributed by atoms with Crippen molar-refractivity contribution in [2.24, 2.45) is 0 Å². The number of hydrogen-bond acceptors (Lipinski definition) is 4. The molecule has 1 unspecified atom stereocenters. The van der Waals surface area contributed by atoms with Crippen LogP contribution >= 0.6 is 0 Å². The zero-order valence-electron chi connectivity index (χ0n) is 11.1. The van der Waals surface area contributed by atoms with Crippen LogP contribution in [0.15, 0.2) is 29.2 Å². The van der Waals surface area contributed by atoms with Gasteiger partial charge in [-0.05, 0) is 18.2 Å². The minimum absolute atomic E-state index is 0.356. The summed E-state index contributed by atoms with van der Waals surface area (Å²) >= 11 is 0. The highest BCUT2D eigenvalue weighted by molar-refractivity contribution is 7.89. The van der Waals surface area contributed by atoms with E-state index in [1.165, 1.54) is 7.11 Å². The fourth-order valence-electron chi connectivity index (χ4n) is 2.13. The molecule has 118 valence electrons. The van der Waals surface area contributed by atoms with Crippen molar-refractivity contribution in [2.75, 3.05) is 20.2 Å². The third-order valence-corrected chi connectivity index (χ3v) is 4.73. The maximum absolute atomic E-state index is 12.6. The van der Waals surface area contributed by atoms with E-state index in [2.05, 4.69) is 10.0 Å². The Morgan fingerprint density at radius 2 is 2.05 bits per heavy atom. The lowest BCUT2D eigenvalue weighted by Gasteiger charge is -2.19. The van der Waals surface area contributed by atoms with E-state index in [9.17, 15) is 21.6 Å². The Hall–Kier alpha value is -1.16. The minimum Gasteiger partial charge on any atom is -0.378 e. The average molecular weight is 324 g/mol. The Labute approximate surface area is 120 Å². The summed E-state index contributed by atoms with van der Waals surface area (Å²) in [5, 5.41) is 2.95. The maximum Gasteiger partial charge on any atom is 0.416 e. The molecule has 0 spiro atoms. The maximum atomic E-state index is 12.6. The van der Waals surface area contributed by atoms with Gasteiger partial charge in [0.05, 0.1) is 22.6 Å². The average Bonchev–Trinajstić information content (AvgIpc) is 2.84. The Morgan fingerprint density at radius 1 is 1.33 bits per heavy atom. The summed E-state index contributed by atoms with van der Waals surface area (Å²) < 4.78 is 69.7. The molecule has 1 fully saturated rings. The molecular formula is C12H15F3N2O3S. The number of methoxy groups -OCH3 is 1. The zero-order chi connectivity index (χ0) is 15.7. The molecule has 2 atom stereocenters. The van der Waals surface area contributed by atoms with Crippen LogP contribution in [0.4, 0.5) is 13.2 Å². The van der Waals surface area contributed by atoms with Crippen molar-refractivity contribution in [3.8, 4) is 0 Å². The third-order valence-electron chi connectivity index (χ3n) is 3.24. The van der Waals surface area contributed by atoms with Crippen LogP contribution in [0.3, 0.4) is 0 Å². The molecule has 1 aliphatic rings. The molecule has 1 aromatic carbocycles. The lowest BCUT2D eigenvalue weighted by molar-refractivity contribution is -0.137. The molecule has 1 saturated heterocycles. The predicted octanol–water partition coefficient (Wildman–Crippen LogP) is 0.971. The Bertz CT molecular complexity index is 604. The van der Waals surface area contributed by atoms with Crippen molar-refractivity contribution in [1.29, 1.82) is 0 Å². The molecule has 2 N–H and O–H groups in total. The largest absolute Gasteiger partial charge is 0.416 e. The summed E-state index contributed by atoms with van der Waals surface area (Å²) in [6.07, 6.45) is -4.94. The molecule has 2 rings (SSSR count). The molecule has 5 nitrogen and oxygen atoms in total. The fourth-order valence-corrected chi connectivity index (χ4v) is 3.44. The van der Waals surface area contributed by atoms with E-state index in [1.54, 1.807) is 0 Å². The lowest BCUT2D eigenvalue weighted by Crippen LogP contribution is -2.43. The minimum atomic E-state index is -4.59. The summed E-state index contributed by atoms with van der Waals surface area (Å²) in [5.74, 6) is 0. The highest BCUT2D eigenvalue weighted by Gasteiger charge is 2.34.